The van der Waals surface area contributed by atoms with E-state index in [1.807, 2.05) is 42.6 Å². The van der Waals surface area contributed by atoms with Crippen LogP contribution in [0.25, 0.3) is 21.9 Å². The number of H-pyrrole nitrogens is 2. The molecule has 0 fully saturated rings. The first-order chi connectivity index (χ1) is 12.2. The third-order valence-corrected chi connectivity index (χ3v) is 4.30. The fourth-order valence-electron chi connectivity index (χ4n) is 2.97. The monoisotopic (exact) mass is 334 g/mol. The van der Waals surface area contributed by atoms with Crippen LogP contribution in [-0.4, -0.2) is 32.1 Å². The molecule has 7 heteroatoms. The third kappa shape index (κ3) is 2.97. The topological polar surface area (TPSA) is 112 Å². The number of nitrogens with zero attached hydrogens (tertiary/aromatic N) is 2. The number of hydrogen-bond acceptors (Lipinski definition) is 4. The summed E-state index contributed by atoms with van der Waals surface area (Å²) in [4.78, 5) is 19.7. The number of hydrogen-bond donors (Lipinski definition) is 4. The fourth-order valence-corrected chi connectivity index (χ4v) is 2.97. The number of pyridine rings is 1. The highest BCUT2D eigenvalue weighted by molar-refractivity contribution is 5.86. The molecule has 3 heterocycles. The highest BCUT2D eigenvalue weighted by Crippen LogP contribution is 2.19. The zero-order chi connectivity index (χ0) is 17.2. The van der Waals surface area contributed by atoms with Gasteiger partial charge in [0.05, 0.1) is 18.3 Å². The van der Waals surface area contributed by atoms with E-state index >= 15 is 0 Å². The molecule has 0 radical (unpaired) electrons. The van der Waals surface area contributed by atoms with Crippen LogP contribution in [0.3, 0.4) is 0 Å². The van der Waals surface area contributed by atoms with Gasteiger partial charge in [-0.3, -0.25) is 9.89 Å². The van der Waals surface area contributed by atoms with Crippen molar-refractivity contribution in [2.75, 3.05) is 0 Å². The summed E-state index contributed by atoms with van der Waals surface area (Å²) >= 11 is 0. The van der Waals surface area contributed by atoms with E-state index < -0.39 is 6.04 Å². The number of carbonyl (C=O) groups is 1. The number of nitrogens with two attached hydrogens (primary N) is 1. The predicted molar refractivity (Wildman–Crippen MR) is 95.7 cm³/mol. The third-order valence-electron chi connectivity index (χ3n) is 4.30. The molecule has 3 aromatic heterocycles. The molecule has 4 aromatic rings. The minimum absolute atomic E-state index is 0.197. The molecule has 1 atom stereocenters. The number of aromatic amines is 2. The molecule has 7 nitrogen and oxygen atoms in total. The van der Waals surface area contributed by atoms with Gasteiger partial charge in [-0.1, -0.05) is 18.2 Å². The van der Waals surface area contributed by atoms with Crippen LogP contribution in [-0.2, 0) is 17.8 Å². The van der Waals surface area contributed by atoms with E-state index in [4.69, 9.17) is 5.73 Å². The van der Waals surface area contributed by atoms with E-state index in [9.17, 15) is 4.79 Å². The van der Waals surface area contributed by atoms with Crippen molar-refractivity contribution < 1.29 is 4.79 Å². The van der Waals surface area contributed by atoms with Gasteiger partial charge in [0.15, 0.2) is 5.65 Å². The molecule has 0 aliphatic rings. The molecule has 1 amide bonds. The molecule has 0 aliphatic heterocycles. The minimum Gasteiger partial charge on any atom is -0.361 e. The zero-order valence-electron chi connectivity index (χ0n) is 13.5. The Labute approximate surface area is 143 Å². The molecule has 25 heavy (non-hydrogen) atoms. The van der Waals surface area contributed by atoms with Gasteiger partial charge in [-0.25, -0.2) is 4.98 Å². The number of rotatable bonds is 5. The highest BCUT2D eigenvalue weighted by atomic mass is 16.2. The Morgan fingerprint density at radius 3 is 2.96 bits per heavy atom. The SMILES string of the molecule is N[C@H](Cc1c[nH]c2ccccc12)C(=O)NCc1[nH]nc2ncccc12. The van der Waals surface area contributed by atoms with Crippen molar-refractivity contribution in [3.05, 3.63) is 60.0 Å². The summed E-state index contributed by atoms with van der Waals surface area (Å²) in [7, 11) is 0. The van der Waals surface area contributed by atoms with E-state index in [0.29, 0.717) is 18.6 Å². The summed E-state index contributed by atoms with van der Waals surface area (Å²) in [5.41, 5.74) is 9.62. The number of carbonyl (C=O) groups excluding carboxylic acids is 1. The van der Waals surface area contributed by atoms with Gasteiger partial charge in [-0.05, 0) is 30.2 Å². The highest BCUT2D eigenvalue weighted by Gasteiger charge is 2.16. The lowest BCUT2D eigenvalue weighted by atomic mass is 10.1. The average molecular weight is 334 g/mol. The first-order valence-corrected chi connectivity index (χ1v) is 8.08. The van der Waals surface area contributed by atoms with Crippen molar-refractivity contribution in [3.63, 3.8) is 0 Å². The second-order valence-electron chi connectivity index (χ2n) is 5.96. The van der Waals surface area contributed by atoms with E-state index in [0.717, 1.165) is 27.5 Å². The second kappa shape index (κ2) is 6.37. The maximum Gasteiger partial charge on any atom is 0.237 e. The summed E-state index contributed by atoms with van der Waals surface area (Å²) in [6, 6.07) is 11.1. The van der Waals surface area contributed by atoms with Gasteiger partial charge < -0.3 is 16.0 Å². The van der Waals surface area contributed by atoms with Crippen molar-refractivity contribution in [1.29, 1.82) is 0 Å². The van der Waals surface area contributed by atoms with Crippen molar-refractivity contribution in [2.45, 2.75) is 19.0 Å². The van der Waals surface area contributed by atoms with E-state index in [1.165, 1.54) is 0 Å². The van der Waals surface area contributed by atoms with Crippen LogP contribution in [0, 0.1) is 0 Å². The van der Waals surface area contributed by atoms with Crippen LogP contribution < -0.4 is 11.1 Å². The first-order valence-electron chi connectivity index (χ1n) is 8.08. The van der Waals surface area contributed by atoms with Crippen molar-refractivity contribution in [3.8, 4) is 0 Å². The van der Waals surface area contributed by atoms with Crippen molar-refractivity contribution >= 4 is 27.8 Å². The van der Waals surface area contributed by atoms with Crippen LogP contribution in [0.4, 0.5) is 0 Å². The summed E-state index contributed by atoms with van der Waals surface area (Å²) in [5, 5.41) is 11.9. The molecule has 1 aromatic carbocycles. The van der Waals surface area contributed by atoms with Crippen LogP contribution in [0.1, 0.15) is 11.3 Å². The van der Waals surface area contributed by atoms with Gasteiger partial charge in [0.25, 0.3) is 0 Å². The largest absolute Gasteiger partial charge is 0.361 e. The van der Waals surface area contributed by atoms with Crippen LogP contribution in [0.5, 0.6) is 0 Å². The number of benzene rings is 1. The molecule has 0 bridgehead atoms. The molecule has 0 saturated carbocycles. The van der Waals surface area contributed by atoms with Crippen molar-refractivity contribution in [2.24, 2.45) is 5.73 Å². The summed E-state index contributed by atoms with van der Waals surface area (Å²) < 4.78 is 0. The van der Waals surface area contributed by atoms with Crippen LogP contribution in [0.15, 0.2) is 48.8 Å². The Morgan fingerprint density at radius 1 is 1.20 bits per heavy atom. The standard InChI is InChI=1S/C18H18N6O/c19-14(8-11-9-21-15-6-2-1-4-12(11)15)18(25)22-10-16-13-5-3-7-20-17(13)24-23-16/h1-7,9,14,21H,8,10,19H2,(H,22,25)(H,20,23,24)/t14-/m1/s1. The van der Waals surface area contributed by atoms with Gasteiger partial charge in [-0.15, -0.1) is 0 Å². The number of aromatic nitrogens is 4. The summed E-state index contributed by atoms with van der Waals surface area (Å²) in [6.45, 7) is 0.336. The Morgan fingerprint density at radius 2 is 2.04 bits per heavy atom. The summed E-state index contributed by atoms with van der Waals surface area (Å²) in [6.07, 6.45) is 4.07. The van der Waals surface area contributed by atoms with Gasteiger partial charge in [0.2, 0.25) is 5.91 Å². The zero-order valence-corrected chi connectivity index (χ0v) is 13.5. The Bertz CT molecular complexity index is 1030. The molecule has 5 N–H and O–H groups in total. The lowest BCUT2D eigenvalue weighted by Gasteiger charge is -2.11. The van der Waals surface area contributed by atoms with Gasteiger partial charge >= 0.3 is 0 Å². The van der Waals surface area contributed by atoms with E-state index in [-0.39, 0.29) is 5.91 Å². The van der Waals surface area contributed by atoms with Gasteiger partial charge in [0.1, 0.15) is 0 Å². The minimum atomic E-state index is -0.619. The molecule has 0 saturated heterocycles. The van der Waals surface area contributed by atoms with Crippen LogP contribution >= 0.6 is 0 Å². The maximum absolute atomic E-state index is 12.3. The number of fused-ring (bicyclic) bond motifs is 2. The smallest absolute Gasteiger partial charge is 0.237 e. The molecule has 0 unspecified atom stereocenters. The molecule has 0 aliphatic carbocycles. The fraction of sp³-hybridized carbons (Fsp3) is 0.167. The second-order valence-corrected chi connectivity index (χ2v) is 5.96. The molecular formula is C18H18N6O. The lowest BCUT2D eigenvalue weighted by molar-refractivity contribution is -0.122. The maximum atomic E-state index is 12.3. The summed E-state index contributed by atoms with van der Waals surface area (Å²) in [5.74, 6) is -0.197. The predicted octanol–water partition coefficient (Wildman–Crippen LogP) is 1.63. The average Bonchev–Trinajstić information content (AvgIpc) is 3.24. The van der Waals surface area contributed by atoms with Gasteiger partial charge in [0, 0.05) is 28.7 Å². The van der Waals surface area contributed by atoms with Crippen LogP contribution in [0.2, 0.25) is 0 Å². The number of amides is 1. The quantitative estimate of drug-likeness (QED) is 0.444. The van der Waals surface area contributed by atoms with Crippen molar-refractivity contribution in [1.82, 2.24) is 25.5 Å². The van der Waals surface area contributed by atoms with E-state index in [1.54, 1.807) is 6.20 Å². The molecule has 4 rings (SSSR count). The Hall–Kier alpha value is -3.19. The Kier molecular flexibility index (Phi) is 3.91. The lowest BCUT2D eigenvalue weighted by Crippen LogP contribution is -2.41. The van der Waals surface area contributed by atoms with E-state index in [2.05, 4.69) is 25.5 Å². The molecule has 0 spiro atoms. The number of nitrogens with one attached hydrogen (secondary N) is 3. The molecule has 126 valence electrons. The first kappa shape index (κ1) is 15.3. The normalized spacial score (nSPS) is 12.5. The molecular weight excluding hydrogens is 316 g/mol. The van der Waals surface area contributed by atoms with Gasteiger partial charge in [-0.2, -0.15) is 5.10 Å². The number of para-hydroxylation sites is 1. The Balaban J connectivity index is 1.42.